The van der Waals surface area contributed by atoms with Crippen LogP contribution in [0.1, 0.15) is 51.4 Å². The lowest BCUT2D eigenvalue weighted by Crippen LogP contribution is -2.35. The van der Waals surface area contributed by atoms with Crippen molar-refractivity contribution in [3.05, 3.63) is 51.5 Å². The highest BCUT2D eigenvalue weighted by Gasteiger charge is 2.28. The van der Waals surface area contributed by atoms with Crippen LogP contribution in [0.25, 0.3) is 0 Å². The van der Waals surface area contributed by atoms with Gasteiger partial charge in [0.25, 0.3) is 5.91 Å². The number of nitrogens with one attached hydrogen (secondary N) is 1. The van der Waals surface area contributed by atoms with Gasteiger partial charge in [-0.3, -0.25) is 14.6 Å². The first-order valence-electron chi connectivity index (χ1n) is 10.3. The van der Waals surface area contributed by atoms with Gasteiger partial charge in [0.2, 0.25) is 5.91 Å². The summed E-state index contributed by atoms with van der Waals surface area (Å²) in [5.74, 6) is 0.324. The number of rotatable bonds is 5. The van der Waals surface area contributed by atoms with Crippen molar-refractivity contribution in [1.29, 1.82) is 0 Å². The Labute approximate surface area is 170 Å². The predicted molar refractivity (Wildman–Crippen MR) is 111 cm³/mol. The maximum absolute atomic E-state index is 12.8. The molecule has 1 saturated heterocycles. The van der Waals surface area contributed by atoms with Crippen LogP contribution in [0.4, 0.5) is 0 Å². The largest absolute Gasteiger partial charge is 0.356 e. The van der Waals surface area contributed by atoms with Crippen molar-refractivity contribution >= 4 is 23.2 Å². The molecule has 1 atom stereocenters. The third kappa shape index (κ3) is 4.43. The summed E-state index contributed by atoms with van der Waals surface area (Å²) in [7, 11) is 0. The Morgan fingerprint density at radius 2 is 1.96 bits per heavy atom. The maximum Gasteiger partial charge on any atom is 0.263 e. The fraction of sp³-hybridized carbons (Fsp3) is 0.500. The summed E-state index contributed by atoms with van der Waals surface area (Å²) in [6.07, 6.45) is 10.3. The topological polar surface area (TPSA) is 62.3 Å². The van der Waals surface area contributed by atoms with E-state index in [9.17, 15) is 9.59 Å². The molecule has 0 aromatic carbocycles. The normalized spacial score (nSPS) is 19.1. The number of fused-ring (bicyclic) bond motifs is 1. The van der Waals surface area contributed by atoms with Gasteiger partial charge in [0.1, 0.15) is 0 Å². The summed E-state index contributed by atoms with van der Waals surface area (Å²) in [4.78, 5) is 33.5. The first-order chi connectivity index (χ1) is 13.7. The van der Waals surface area contributed by atoms with Crippen molar-refractivity contribution in [3.63, 3.8) is 0 Å². The van der Waals surface area contributed by atoms with E-state index >= 15 is 0 Å². The molecule has 0 radical (unpaired) electrons. The van der Waals surface area contributed by atoms with E-state index in [0.717, 1.165) is 56.5 Å². The molecule has 28 heavy (non-hydrogen) atoms. The second-order valence-corrected chi connectivity index (χ2v) is 8.88. The highest BCUT2D eigenvalue weighted by atomic mass is 32.1. The number of carbonyl (C=O) groups excluding carboxylic acids is 2. The Hall–Kier alpha value is -2.21. The van der Waals surface area contributed by atoms with E-state index in [0.29, 0.717) is 6.54 Å². The lowest BCUT2D eigenvalue weighted by Gasteiger charge is -2.26. The standard InChI is InChI=1S/C22H27N3O2S/c26-21(24-11-8-16-6-9-23-10-7-16)17-4-5-19-18(14-17)15-20(28-19)22(27)25-12-2-1-3-13-25/h6-7,9-10,15,17H,1-5,8,11-14H2,(H,24,26). The number of pyridine rings is 1. The lowest BCUT2D eigenvalue weighted by molar-refractivity contribution is -0.125. The van der Waals surface area contributed by atoms with Crippen LogP contribution >= 0.6 is 11.3 Å². The smallest absolute Gasteiger partial charge is 0.263 e. The zero-order valence-electron chi connectivity index (χ0n) is 16.2. The molecule has 1 unspecified atom stereocenters. The Kier molecular flexibility index (Phi) is 6.05. The highest BCUT2D eigenvalue weighted by molar-refractivity contribution is 7.14. The summed E-state index contributed by atoms with van der Waals surface area (Å²) < 4.78 is 0. The van der Waals surface area contributed by atoms with Crippen molar-refractivity contribution in [2.45, 2.75) is 44.9 Å². The minimum atomic E-state index is 0.0116. The fourth-order valence-corrected chi connectivity index (χ4v) is 5.31. The SMILES string of the molecule is O=C(NCCc1ccncc1)C1CCc2sc(C(=O)N3CCCCC3)cc2C1. The van der Waals surface area contributed by atoms with Crippen LogP contribution in [-0.2, 0) is 24.1 Å². The molecule has 0 spiro atoms. The molecule has 0 saturated carbocycles. The second-order valence-electron chi connectivity index (χ2n) is 7.75. The number of aromatic nitrogens is 1. The van der Waals surface area contributed by atoms with E-state index in [1.807, 2.05) is 23.1 Å². The average molecular weight is 398 g/mol. The Bertz CT molecular complexity index is 828. The van der Waals surface area contributed by atoms with Crippen molar-refractivity contribution in [2.75, 3.05) is 19.6 Å². The van der Waals surface area contributed by atoms with Gasteiger partial charge < -0.3 is 10.2 Å². The van der Waals surface area contributed by atoms with E-state index in [1.165, 1.54) is 22.4 Å². The van der Waals surface area contributed by atoms with E-state index < -0.39 is 0 Å². The molecule has 4 rings (SSSR count). The molecule has 1 N–H and O–H groups in total. The molecule has 0 bridgehead atoms. The van der Waals surface area contributed by atoms with Gasteiger partial charge in [-0.2, -0.15) is 0 Å². The third-order valence-corrected chi connectivity index (χ3v) is 7.00. The van der Waals surface area contributed by atoms with Gasteiger partial charge in [0.15, 0.2) is 0 Å². The van der Waals surface area contributed by atoms with E-state index in [4.69, 9.17) is 0 Å². The van der Waals surface area contributed by atoms with Gasteiger partial charge in [0, 0.05) is 42.8 Å². The van der Waals surface area contributed by atoms with Crippen molar-refractivity contribution in [2.24, 2.45) is 5.92 Å². The average Bonchev–Trinajstić information content (AvgIpc) is 3.18. The number of aryl methyl sites for hydroxylation is 1. The van der Waals surface area contributed by atoms with E-state index in [-0.39, 0.29) is 17.7 Å². The van der Waals surface area contributed by atoms with E-state index in [2.05, 4.69) is 10.3 Å². The molecule has 1 aliphatic heterocycles. The fourth-order valence-electron chi connectivity index (χ4n) is 4.13. The number of thiophene rings is 1. The number of hydrogen-bond acceptors (Lipinski definition) is 4. The molecule has 6 heteroatoms. The molecule has 148 valence electrons. The number of carbonyl (C=O) groups is 2. The predicted octanol–water partition coefficient (Wildman–Crippen LogP) is 3.23. The molecule has 3 heterocycles. The Balaban J connectivity index is 1.32. The zero-order valence-corrected chi connectivity index (χ0v) is 17.0. The van der Waals surface area contributed by atoms with Gasteiger partial charge in [-0.1, -0.05) is 0 Å². The monoisotopic (exact) mass is 397 g/mol. The quantitative estimate of drug-likeness (QED) is 0.843. The molecule has 2 aromatic heterocycles. The van der Waals surface area contributed by atoms with Crippen LogP contribution < -0.4 is 5.32 Å². The molecule has 2 aliphatic rings. The van der Waals surface area contributed by atoms with E-state index in [1.54, 1.807) is 23.7 Å². The molecular formula is C22H27N3O2S. The summed E-state index contributed by atoms with van der Waals surface area (Å²) in [5.41, 5.74) is 2.38. The van der Waals surface area contributed by atoms with Crippen molar-refractivity contribution in [1.82, 2.24) is 15.2 Å². The number of amides is 2. The molecule has 2 amide bonds. The highest BCUT2D eigenvalue weighted by Crippen LogP contribution is 2.33. The molecule has 2 aromatic rings. The summed E-state index contributed by atoms with van der Waals surface area (Å²) >= 11 is 1.64. The van der Waals surface area contributed by atoms with Gasteiger partial charge in [-0.25, -0.2) is 0 Å². The van der Waals surface area contributed by atoms with Crippen LogP contribution in [0.3, 0.4) is 0 Å². The first kappa shape index (κ1) is 19.1. The molecule has 5 nitrogen and oxygen atoms in total. The van der Waals surface area contributed by atoms with Crippen LogP contribution in [0.5, 0.6) is 0 Å². The number of likely N-dealkylation sites (tertiary alicyclic amines) is 1. The minimum Gasteiger partial charge on any atom is -0.356 e. The summed E-state index contributed by atoms with van der Waals surface area (Å²) in [6.45, 7) is 2.41. The van der Waals surface area contributed by atoms with Gasteiger partial charge in [-0.15, -0.1) is 11.3 Å². The second kappa shape index (κ2) is 8.86. The Morgan fingerprint density at radius 3 is 2.75 bits per heavy atom. The van der Waals surface area contributed by atoms with Crippen molar-refractivity contribution < 1.29 is 9.59 Å². The molecule has 1 aliphatic carbocycles. The number of piperidine rings is 1. The molecule has 1 fully saturated rings. The van der Waals surface area contributed by atoms with Crippen LogP contribution in [0.2, 0.25) is 0 Å². The van der Waals surface area contributed by atoms with Gasteiger partial charge >= 0.3 is 0 Å². The third-order valence-electron chi connectivity index (χ3n) is 5.77. The summed E-state index contributed by atoms with van der Waals surface area (Å²) in [5, 5.41) is 3.08. The van der Waals surface area contributed by atoms with Crippen LogP contribution in [0.15, 0.2) is 30.6 Å². The van der Waals surface area contributed by atoms with Crippen LogP contribution in [-0.4, -0.2) is 41.3 Å². The van der Waals surface area contributed by atoms with Crippen LogP contribution in [0, 0.1) is 5.92 Å². The maximum atomic E-state index is 12.8. The zero-order chi connectivity index (χ0) is 19.3. The number of nitrogens with zero attached hydrogens (tertiary/aromatic N) is 2. The van der Waals surface area contributed by atoms with Gasteiger partial charge in [0.05, 0.1) is 4.88 Å². The Morgan fingerprint density at radius 1 is 1.18 bits per heavy atom. The lowest BCUT2D eigenvalue weighted by atomic mass is 9.87. The van der Waals surface area contributed by atoms with Crippen molar-refractivity contribution in [3.8, 4) is 0 Å². The van der Waals surface area contributed by atoms with Gasteiger partial charge in [-0.05, 0) is 74.3 Å². The minimum absolute atomic E-state index is 0.0116. The molecular weight excluding hydrogens is 370 g/mol. The first-order valence-corrected chi connectivity index (χ1v) is 11.1. The summed E-state index contributed by atoms with van der Waals surface area (Å²) in [6, 6.07) is 6.00. The number of hydrogen-bond donors (Lipinski definition) is 1.